The highest BCUT2D eigenvalue weighted by molar-refractivity contribution is 7.80. The molecular formula is C12H15N3O2S. The van der Waals surface area contributed by atoms with Gasteiger partial charge in [-0.25, -0.2) is 0 Å². The van der Waals surface area contributed by atoms with Crippen molar-refractivity contribution in [3.8, 4) is 0 Å². The van der Waals surface area contributed by atoms with E-state index in [4.69, 9.17) is 12.2 Å². The lowest BCUT2D eigenvalue weighted by atomic mass is 10.2. The summed E-state index contributed by atoms with van der Waals surface area (Å²) in [4.78, 5) is 22.4. The quantitative estimate of drug-likeness (QED) is 0.720. The molecule has 0 radical (unpaired) electrons. The molecule has 0 atom stereocenters. The van der Waals surface area contributed by atoms with Gasteiger partial charge in [-0.15, -0.1) is 0 Å². The molecule has 0 fully saturated rings. The van der Waals surface area contributed by atoms with Crippen molar-refractivity contribution in [3.05, 3.63) is 29.8 Å². The largest absolute Gasteiger partial charge is 0.352 e. The van der Waals surface area contributed by atoms with Gasteiger partial charge in [0.25, 0.3) is 5.91 Å². The molecule has 0 bridgehead atoms. The number of thiocarbonyl (C=S) groups is 1. The van der Waals surface area contributed by atoms with E-state index in [9.17, 15) is 9.59 Å². The number of hydrogen-bond donors (Lipinski definition) is 3. The van der Waals surface area contributed by atoms with Crippen LogP contribution in [-0.2, 0) is 4.79 Å². The Morgan fingerprint density at radius 3 is 2.67 bits per heavy atom. The monoisotopic (exact) mass is 265 g/mol. The fourth-order valence-electron chi connectivity index (χ4n) is 1.32. The Kier molecular flexibility index (Phi) is 5.26. The molecule has 1 aromatic carbocycles. The van der Waals surface area contributed by atoms with Crippen LogP contribution in [0.4, 0.5) is 5.69 Å². The van der Waals surface area contributed by atoms with E-state index < -0.39 is 0 Å². The fraction of sp³-hybridized carbons (Fsp3) is 0.250. The van der Waals surface area contributed by atoms with Gasteiger partial charge in [0.2, 0.25) is 5.91 Å². The SMILES string of the molecule is CCNC(=O)c1cccc(NC(=S)NC(C)=O)c1. The molecule has 0 spiro atoms. The molecule has 5 nitrogen and oxygen atoms in total. The summed E-state index contributed by atoms with van der Waals surface area (Å²) >= 11 is 4.93. The standard InChI is InChI=1S/C12H15N3O2S/c1-3-13-11(17)9-5-4-6-10(7-9)15-12(18)14-8(2)16/h4-7H,3H2,1-2H3,(H,13,17)(H2,14,15,16,18). The first-order chi connectivity index (χ1) is 8.52. The van der Waals surface area contributed by atoms with E-state index in [0.717, 1.165) is 0 Å². The van der Waals surface area contributed by atoms with Crippen LogP contribution in [0, 0.1) is 0 Å². The molecule has 0 saturated carbocycles. The number of nitrogens with one attached hydrogen (secondary N) is 3. The molecule has 0 unspecified atom stereocenters. The Hall–Kier alpha value is -1.95. The molecule has 0 aromatic heterocycles. The van der Waals surface area contributed by atoms with Crippen LogP contribution in [-0.4, -0.2) is 23.5 Å². The van der Waals surface area contributed by atoms with Crippen LogP contribution in [0.1, 0.15) is 24.2 Å². The number of carbonyl (C=O) groups excluding carboxylic acids is 2. The zero-order valence-electron chi connectivity index (χ0n) is 10.2. The molecule has 0 aliphatic heterocycles. The summed E-state index contributed by atoms with van der Waals surface area (Å²) in [5.74, 6) is -0.390. The summed E-state index contributed by atoms with van der Waals surface area (Å²) in [6, 6.07) is 6.87. The third-order valence-electron chi connectivity index (χ3n) is 2.01. The Bertz CT molecular complexity index is 474. The number of amides is 2. The van der Waals surface area contributed by atoms with Crippen molar-refractivity contribution < 1.29 is 9.59 Å². The zero-order valence-corrected chi connectivity index (χ0v) is 11.1. The van der Waals surface area contributed by atoms with Crippen LogP contribution in [0.15, 0.2) is 24.3 Å². The molecular weight excluding hydrogens is 250 g/mol. The molecule has 0 heterocycles. The van der Waals surface area contributed by atoms with Gasteiger partial charge < -0.3 is 16.0 Å². The minimum Gasteiger partial charge on any atom is -0.352 e. The van der Waals surface area contributed by atoms with Crippen molar-refractivity contribution in [2.75, 3.05) is 11.9 Å². The lowest BCUT2D eigenvalue weighted by molar-refractivity contribution is -0.117. The van der Waals surface area contributed by atoms with Crippen molar-refractivity contribution >= 4 is 34.8 Å². The molecule has 0 aliphatic carbocycles. The average molecular weight is 265 g/mol. The lowest BCUT2D eigenvalue weighted by Crippen LogP contribution is -2.32. The molecule has 1 rings (SSSR count). The Morgan fingerprint density at radius 1 is 1.33 bits per heavy atom. The summed E-state index contributed by atoms with van der Waals surface area (Å²) in [7, 11) is 0. The van der Waals surface area contributed by atoms with Crippen molar-refractivity contribution in [1.29, 1.82) is 0 Å². The summed E-state index contributed by atoms with van der Waals surface area (Å²) in [6.45, 7) is 3.80. The lowest BCUT2D eigenvalue weighted by Gasteiger charge is -2.09. The fourth-order valence-corrected chi connectivity index (χ4v) is 1.58. The smallest absolute Gasteiger partial charge is 0.251 e. The van der Waals surface area contributed by atoms with E-state index in [1.807, 2.05) is 6.92 Å². The van der Waals surface area contributed by atoms with Gasteiger partial charge in [-0.05, 0) is 37.3 Å². The second-order valence-electron chi connectivity index (χ2n) is 3.58. The predicted molar refractivity (Wildman–Crippen MR) is 74.5 cm³/mol. The van der Waals surface area contributed by atoms with E-state index in [0.29, 0.717) is 17.8 Å². The number of benzene rings is 1. The van der Waals surface area contributed by atoms with Gasteiger partial charge in [-0.3, -0.25) is 9.59 Å². The number of rotatable bonds is 3. The average Bonchev–Trinajstić information content (AvgIpc) is 2.28. The van der Waals surface area contributed by atoms with Crippen molar-refractivity contribution in [2.45, 2.75) is 13.8 Å². The van der Waals surface area contributed by atoms with E-state index in [1.54, 1.807) is 24.3 Å². The molecule has 2 amide bonds. The van der Waals surface area contributed by atoms with Gasteiger partial charge in [0, 0.05) is 24.7 Å². The van der Waals surface area contributed by atoms with E-state index in [2.05, 4.69) is 16.0 Å². The van der Waals surface area contributed by atoms with Crippen molar-refractivity contribution in [2.24, 2.45) is 0 Å². The van der Waals surface area contributed by atoms with E-state index in [-0.39, 0.29) is 16.9 Å². The maximum Gasteiger partial charge on any atom is 0.251 e. The Morgan fingerprint density at radius 2 is 2.06 bits per heavy atom. The Labute approximate surface area is 111 Å². The zero-order chi connectivity index (χ0) is 13.5. The maximum absolute atomic E-state index is 11.6. The number of hydrogen-bond acceptors (Lipinski definition) is 3. The van der Waals surface area contributed by atoms with Crippen molar-refractivity contribution in [1.82, 2.24) is 10.6 Å². The predicted octanol–water partition coefficient (Wildman–Crippen LogP) is 1.27. The normalized spacial score (nSPS) is 9.44. The first-order valence-corrected chi connectivity index (χ1v) is 5.90. The van der Waals surface area contributed by atoms with E-state index in [1.165, 1.54) is 6.92 Å². The summed E-state index contributed by atoms with van der Waals surface area (Å²) < 4.78 is 0. The second-order valence-corrected chi connectivity index (χ2v) is 3.98. The van der Waals surface area contributed by atoms with Crippen LogP contribution in [0.25, 0.3) is 0 Å². The number of anilines is 1. The van der Waals surface area contributed by atoms with E-state index >= 15 is 0 Å². The minimum atomic E-state index is -0.243. The van der Waals surface area contributed by atoms with Crippen LogP contribution >= 0.6 is 12.2 Å². The van der Waals surface area contributed by atoms with Gasteiger partial charge in [-0.1, -0.05) is 6.07 Å². The summed E-state index contributed by atoms with van der Waals surface area (Å²) in [5.41, 5.74) is 1.19. The van der Waals surface area contributed by atoms with Crippen LogP contribution in [0.3, 0.4) is 0 Å². The molecule has 18 heavy (non-hydrogen) atoms. The topological polar surface area (TPSA) is 70.2 Å². The van der Waals surface area contributed by atoms with Crippen molar-refractivity contribution in [3.63, 3.8) is 0 Å². The molecule has 96 valence electrons. The summed E-state index contributed by atoms with van der Waals surface area (Å²) in [6.07, 6.45) is 0. The maximum atomic E-state index is 11.6. The van der Waals surface area contributed by atoms with Gasteiger partial charge >= 0.3 is 0 Å². The second kappa shape index (κ2) is 6.70. The van der Waals surface area contributed by atoms with Crippen LogP contribution in [0.2, 0.25) is 0 Å². The highest BCUT2D eigenvalue weighted by atomic mass is 32.1. The Balaban J connectivity index is 2.73. The van der Waals surface area contributed by atoms with Crippen LogP contribution in [0.5, 0.6) is 0 Å². The third kappa shape index (κ3) is 4.50. The number of carbonyl (C=O) groups is 2. The molecule has 0 aliphatic rings. The van der Waals surface area contributed by atoms with Gasteiger partial charge in [0.05, 0.1) is 0 Å². The first-order valence-electron chi connectivity index (χ1n) is 5.49. The summed E-state index contributed by atoms with van der Waals surface area (Å²) in [5, 5.41) is 8.19. The first kappa shape index (κ1) is 14.1. The minimum absolute atomic E-state index is 0.147. The van der Waals surface area contributed by atoms with Gasteiger partial charge in [-0.2, -0.15) is 0 Å². The highest BCUT2D eigenvalue weighted by Crippen LogP contribution is 2.10. The molecule has 1 aromatic rings. The van der Waals surface area contributed by atoms with Gasteiger partial charge in [0.15, 0.2) is 5.11 Å². The molecule has 0 saturated heterocycles. The van der Waals surface area contributed by atoms with Crippen LogP contribution < -0.4 is 16.0 Å². The molecule has 6 heteroatoms. The highest BCUT2D eigenvalue weighted by Gasteiger charge is 2.05. The third-order valence-corrected chi connectivity index (χ3v) is 2.21. The molecule has 3 N–H and O–H groups in total. The van der Waals surface area contributed by atoms with Gasteiger partial charge in [0.1, 0.15) is 0 Å².